The lowest BCUT2D eigenvalue weighted by Gasteiger charge is -2.26. The van der Waals surface area contributed by atoms with Crippen molar-refractivity contribution in [3.63, 3.8) is 0 Å². The van der Waals surface area contributed by atoms with Gasteiger partial charge in [-0.3, -0.25) is 0 Å². The van der Waals surface area contributed by atoms with Crippen molar-refractivity contribution in [1.29, 1.82) is 0 Å². The summed E-state index contributed by atoms with van der Waals surface area (Å²) in [4.78, 5) is 0. The van der Waals surface area contributed by atoms with Gasteiger partial charge in [0.25, 0.3) is 0 Å². The summed E-state index contributed by atoms with van der Waals surface area (Å²) < 4.78 is 22.5. The molecule has 4 nitrogen and oxygen atoms in total. The molecule has 0 amide bonds. The molecule has 0 saturated heterocycles. The van der Waals surface area contributed by atoms with Crippen LogP contribution < -0.4 is 0 Å². The van der Waals surface area contributed by atoms with Crippen molar-refractivity contribution in [3.05, 3.63) is 0 Å². The van der Waals surface area contributed by atoms with Gasteiger partial charge in [0.05, 0.1) is 0 Å². The Balaban J connectivity index is 3.76. The molecule has 0 aliphatic rings. The molecular formula is C17H38O4Si. The van der Waals surface area contributed by atoms with Gasteiger partial charge in [-0.25, -0.2) is 0 Å². The highest BCUT2D eigenvalue weighted by Crippen LogP contribution is 2.19. The zero-order chi connectivity index (χ0) is 16.5. The van der Waals surface area contributed by atoms with Crippen molar-refractivity contribution in [3.8, 4) is 0 Å². The maximum absolute atomic E-state index is 5.83. The molecule has 0 unspecified atom stereocenters. The van der Waals surface area contributed by atoms with Crippen LogP contribution in [-0.2, 0) is 18.0 Å². The molecule has 0 aromatic rings. The van der Waals surface area contributed by atoms with Crippen LogP contribution in [0.4, 0.5) is 0 Å². The highest BCUT2D eigenvalue weighted by Gasteiger charge is 2.38. The molecule has 0 atom stereocenters. The first kappa shape index (κ1) is 22.1. The molecule has 0 bridgehead atoms. The lowest BCUT2D eigenvalue weighted by molar-refractivity contribution is -0.0339. The maximum Gasteiger partial charge on any atom is 0.502 e. The fourth-order valence-electron chi connectivity index (χ4n) is 2.42. The maximum atomic E-state index is 5.83. The summed E-state index contributed by atoms with van der Waals surface area (Å²) in [5.74, 6) is 0. The normalized spacial score (nSPS) is 12.0. The first-order chi connectivity index (χ1) is 10.7. The van der Waals surface area contributed by atoms with Crippen molar-refractivity contribution in [1.82, 2.24) is 0 Å². The van der Waals surface area contributed by atoms with Crippen LogP contribution in [-0.4, -0.2) is 36.4 Å². The first-order valence-corrected chi connectivity index (χ1v) is 11.0. The van der Waals surface area contributed by atoms with Gasteiger partial charge in [0.2, 0.25) is 0 Å². The summed E-state index contributed by atoms with van der Waals surface area (Å²) in [6.45, 7) is 5.47. The molecule has 134 valence electrons. The Morgan fingerprint density at radius 3 is 1.82 bits per heavy atom. The Labute approximate surface area is 139 Å². The first-order valence-electron chi connectivity index (χ1n) is 9.06. The molecule has 0 heterocycles. The zero-order valence-electron chi connectivity index (χ0n) is 15.3. The third-order valence-electron chi connectivity index (χ3n) is 3.96. The smallest absolute Gasteiger partial charge is 0.377 e. The minimum absolute atomic E-state index is 0.286. The lowest BCUT2D eigenvalue weighted by atomic mass is 10.1. The van der Waals surface area contributed by atoms with Gasteiger partial charge in [0.1, 0.15) is 6.79 Å². The fourth-order valence-corrected chi connectivity index (χ4v) is 4.32. The molecular weight excluding hydrogens is 296 g/mol. The minimum atomic E-state index is -2.51. The summed E-state index contributed by atoms with van der Waals surface area (Å²) in [5, 5.41) is 0. The number of hydrogen-bond acceptors (Lipinski definition) is 4. The van der Waals surface area contributed by atoms with E-state index in [1.54, 1.807) is 14.2 Å². The number of rotatable bonds is 17. The molecule has 0 rings (SSSR count). The molecule has 5 heteroatoms. The molecule has 0 spiro atoms. The summed E-state index contributed by atoms with van der Waals surface area (Å²) in [7, 11) is 0.865. The van der Waals surface area contributed by atoms with Crippen molar-refractivity contribution < 1.29 is 18.0 Å². The summed E-state index contributed by atoms with van der Waals surface area (Å²) in [6, 6.07) is 0.881. The van der Waals surface area contributed by atoms with Crippen LogP contribution in [0.15, 0.2) is 0 Å². The van der Waals surface area contributed by atoms with Crippen LogP contribution in [0.1, 0.15) is 78.1 Å². The molecule has 0 aliphatic heterocycles. The predicted molar refractivity (Wildman–Crippen MR) is 94.0 cm³/mol. The molecule has 22 heavy (non-hydrogen) atoms. The minimum Gasteiger partial charge on any atom is -0.377 e. The van der Waals surface area contributed by atoms with Crippen LogP contribution in [0.3, 0.4) is 0 Å². The summed E-state index contributed by atoms with van der Waals surface area (Å²) in [6.07, 6.45) is 12.5. The second-order valence-corrected chi connectivity index (χ2v) is 8.81. The molecule has 0 aromatic carbocycles. The van der Waals surface area contributed by atoms with Crippen molar-refractivity contribution >= 4 is 8.80 Å². The highest BCUT2D eigenvalue weighted by atomic mass is 28.4. The second-order valence-electron chi connectivity index (χ2n) is 5.84. The Kier molecular flexibility index (Phi) is 16.0. The molecule has 0 aliphatic carbocycles. The Hall–Kier alpha value is 0.0569. The van der Waals surface area contributed by atoms with Gasteiger partial charge in [-0.05, 0) is 12.8 Å². The van der Waals surface area contributed by atoms with E-state index in [-0.39, 0.29) is 6.79 Å². The van der Waals surface area contributed by atoms with Gasteiger partial charge in [-0.15, -0.1) is 0 Å². The highest BCUT2D eigenvalue weighted by molar-refractivity contribution is 6.60. The third kappa shape index (κ3) is 11.6. The Morgan fingerprint density at radius 2 is 1.23 bits per heavy atom. The van der Waals surface area contributed by atoms with E-state index in [0.717, 1.165) is 25.5 Å². The number of ether oxygens (including phenoxy) is 1. The Morgan fingerprint density at radius 1 is 0.682 bits per heavy atom. The van der Waals surface area contributed by atoms with Crippen molar-refractivity contribution in [2.24, 2.45) is 0 Å². The van der Waals surface area contributed by atoms with Crippen molar-refractivity contribution in [2.45, 2.75) is 84.1 Å². The summed E-state index contributed by atoms with van der Waals surface area (Å²) in [5.41, 5.74) is 0. The third-order valence-corrected chi connectivity index (χ3v) is 6.73. The quantitative estimate of drug-likeness (QED) is 0.209. The molecule has 0 radical (unpaired) electrons. The fraction of sp³-hybridized carbons (Fsp3) is 1.00. The van der Waals surface area contributed by atoms with E-state index in [4.69, 9.17) is 18.0 Å². The second kappa shape index (κ2) is 15.9. The van der Waals surface area contributed by atoms with Crippen LogP contribution in [0.5, 0.6) is 0 Å². The van der Waals surface area contributed by atoms with E-state index < -0.39 is 8.80 Å². The standard InChI is InChI=1S/C17H38O4Si/c1-5-7-9-10-11-12-14-16-22(18-3,19-4)21-17-20-15-13-8-6-2/h5-17H2,1-4H3. The Bertz CT molecular complexity index is 223. The van der Waals surface area contributed by atoms with Crippen LogP contribution in [0, 0.1) is 0 Å². The summed E-state index contributed by atoms with van der Waals surface area (Å²) >= 11 is 0. The van der Waals surface area contributed by atoms with Crippen LogP contribution in [0.2, 0.25) is 6.04 Å². The zero-order valence-corrected chi connectivity index (χ0v) is 16.3. The average Bonchev–Trinajstić information content (AvgIpc) is 2.55. The average molecular weight is 335 g/mol. The lowest BCUT2D eigenvalue weighted by Crippen LogP contribution is -2.44. The van der Waals surface area contributed by atoms with Crippen LogP contribution in [0.25, 0.3) is 0 Å². The molecule has 0 aromatic heterocycles. The van der Waals surface area contributed by atoms with Crippen molar-refractivity contribution in [2.75, 3.05) is 27.6 Å². The molecule has 0 saturated carbocycles. The van der Waals surface area contributed by atoms with Gasteiger partial charge < -0.3 is 18.0 Å². The van der Waals surface area contributed by atoms with E-state index in [9.17, 15) is 0 Å². The van der Waals surface area contributed by atoms with E-state index >= 15 is 0 Å². The monoisotopic (exact) mass is 334 g/mol. The number of unbranched alkanes of at least 4 members (excludes halogenated alkanes) is 8. The van der Waals surface area contributed by atoms with E-state index in [2.05, 4.69) is 13.8 Å². The van der Waals surface area contributed by atoms with E-state index in [0.29, 0.717) is 0 Å². The van der Waals surface area contributed by atoms with Gasteiger partial charge in [-0.2, -0.15) is 0 Å². The van der Waals surface area contributed by atoms with E-state index in [1.165, 1.54) is 51.4 Å². The largest absolute Gasteiger partial charge is 0.502 e. The molecule has 0 fully saturated rings. The van der Waals surface area contributed by atoms with E-state index in [1.807, 2.05) is 0 Å². The molecule has 0 N–H and O–H groups in total. The van der Waals surface area contributed by atoms with Gasteiger partial charge in [-0.1, -0.05) is 65.2 Å². The predicted octanol–water partition coefficient (Wildman–Crippen LogP) is 5.15. The number of hydrogen-bond donors (Lipinski definition) is 0. The van der Waals surface area contributed by atoms with Gasteiger partial charge >= 0.3 is 8.80 Å². The van der Waals surface area contributed by atoms with Gasteiger partial charge in [0, 0.05) is 26.9 Å². The SMILES string of the molecule is CCCCCCCCC[Si](OC)(OC)OCOCCCCC. The topological polar surface area (TPSA) is 36.9 Å². The van der Waals surface area contributed by atoms with Crippen LogP contribution >= 0.6 is 0 Å². The van der Waals surface area contributed by atoms with Gasteiger partial charge in [0.15, 0.2) is 0 Å².